The third-order valence-corrected chi connectivity index (χ3v) is 3.99. The first-order chi connectivity index (χ1) is 8.69. The van der Waals surface area contributed by atoms with Crippen LogP contribution in [-0.2, 0) is 0 Å². The van der Waals surface area contributed by atoms with Crippen molar-refractivity contribution < 1.29 is 0 Å². The van der Waals surface area contributed by atoms with Crippen LogP contribution in [-0.4, -0.2) is 36.1 Å². The monoisotopic (exact) mass is 254 g/mol. The van der Waals surface area contributed by atoms with Crippen molar-refractivity contribution in [1.29, 1.82) is 0 Å². The first kappa shape index (κ1) is 16.0. The van der Waals surface area contributed by atoms with Crippen LogP contribution < -0.4 is 5.32 Å². The number of hydrogen-bond donors (Lipinski definition) is 1. The lowest BCUT2D eigenvalue weighted by Crippen LogP contribution is -2.46. The molecule has 1 N–H and O–H groups in total. The zero-order valence-corrected chi connectivity index (χ0v) is 13.0. The summed E-state index contributed by atoms with van der Waals surface area (Å²) >= 11 is 0. The van der Waals surface area contributed by atoms with Crippen LogP contribution in [0, 0.1) is 0 Å². The molecule has 2 nitrogen and oxygen atoms in total. The summed E-state index contributed by atoms with van der Waals surface area (Å²) in [6.45, 7) is 11.8. The first-order valence-electron chi connectivity index (χ1n) is 8.18. The van der Waals surface area contributed by atoms with Crippen LogP contribution in [0.3, 0.4) is 0 Å². The number of hydrogen-bond acceptors (Lipinski definition) is 2. The van der Waals surface area contributed by atoms with Crippen molar-refractivity contribution in [1.82, 2.24) is 10.2 Å². The van der Waals surface area contributed by atoms with Crippen molar-refractivity contribution in [3.05, 3.63) is 0 Å². The van der Waals surface area contributed by atoms with E-state index < -0.39 is 0 Å². The summed E-state index contributed by atoms with van der Waals surface area (Å²) in [4.78, 5) is 2.73. The molecule has 0 aromatic rings. The van der Waals surface area contributed by atoms with Gasteiger partial charge in [-0.15, -0.1) is 0 Å². The third kappa shape index (κ3) is 6.19. The Hall–Kier alpha value is -0.0800. The van der Waals surface area contributed by atoms with Gasteiger partial charge in [-0.3, -0.25) is 4.90 Å². The fourth-order valence-electron chi connectivity index (χ4n) is 2.72. The molecular weight excluding hydrogens is 220 g/mol. The van der Waals surface area contributed by atoms with Gasteiger partial charge < -0.3 is 5.32 Å². The molecule has 1 fully saturated rings. The first-order valence-corrected chi connectivity index (χ1v) is 8.18. The summed E-state index contributed by atoms with van der Waals surface area (Å²) in [6.07, 6.45) is 9.49. The predicted molar refractivity (Wildman–Crippen MR) is 81.1 cm³/mol. The average molecular weight is 254 g/mol. The molecule has 0 saturated heterocycles. The minimum atomic E-state index is 0.680. The summed E-state index contributed by atoms with van der Waals surface area (Å²) in [7, 11) is 0. The van der Waals surface area contributed by atoms with E-state index >= 15 is 0 Å². The maximum atomic E-state index is 3.73. The summed E-state index contributed by atoms with van der Waals surface area (Å²) in [6, 6.07) is 2.26. The van der Waals surface area contributed by atoms with Gasteiger partial charge in [-0.25, -0.2) is 0 Å². The molecule has 2 heteroatoms. The summed E-state index contributed by atoms with van der Waals surface area (Å²) in [5.41, 5.74) is 0. The Morgan fingerprint density at radius 3 is 2.33 bits per heavy atom. The molecule has 1 unspecified atom stereocenters. The van der Waals surface area contributed by atoms with Crippen molar-refractivity contribution >= 4 is 0 Å². The SMILES string of the molecule is CCCCCN(C(C)C)C(CCC)CNC1CC1. The molecule has 0 heterocycles. The van der Waals surface area contributed by atoms with Crippen LogP contribution in [0.4, 0.5) is 0 Å². The van der Waals surface area contributed by atoms with Gasteiger partial charge in [0, 0.05) is 24.7 Å². The Labute approximate surface area is 115 Å². The fourth-order valence-corrected chi connectivity index (χ4v) is 2.72. The van der Waals surface area contributed by atoms with Gasteiger partial charge in [-0.05, 0) is 46.1 Å². The van der Waals surface area contributed by atoms with Crippen molar-refractivity contribution in [2.75, 3.05) is 13.1 Å². The van der Waals surface area contributed by atoms with E-state index in [0.29, 0.717) is 6.04 Å². The van der Waals surface area contributed by atoms with Gasteiger partial charge in [-0.2, -0.15) is 0 Å². The van der Waals surface area contributed by atoms with Crippen LogP contribution in [0.5, 0.6) is 0 Å². The minimum absolute atomic E-state index is 0.680. The van der Waals surface area contributed by atoms with Crippen molar-refractivity contribution in [3.8, 4) is 0 Å². The van der Waals surface area contributed by atoms with Gasteiger partial charge in [0.25, 0.3) is 0 Å². The highest BCUT2D eigenvalue weighted by Crippen LogP contribution is 2.20. The lowest BCUT2D eigenvalue weighted by Gasteiger charge is -2.35. The summed E-state index contributed by atoms with van der Waals surface area (Å²) in [5, 5.41) is 3.73. The Kier molecular flexibility index (Phi) is 7.92. The zero-order chi connectivity index (χ0) is 13.4. The van der Waals surface area contributed by atoms with Gasteiger partial charge in [0.1, 0.15) is 0 Å². The molecule has 0 amide bonds. The molecule has 1 rings (SSSR count). The quantitative estimate of drug-likeness (QED) is 0.564. The summed E-state index contributed by atoms with van der Waals surface area (Å²) in [5.74, 6) is 0. The second-order valence-electron chi connectivity index (χ2n) is 6.16. The molecule has 0 aromatic heterocycles. The average Bonchev–Trinajstić information content (AvgIpc) is 3.14. The Morgan fingerprint density at radius 2 is 1.83 bits per heavy atom. The van der Waals surface area contributed by atoms with Gasteiger partial charge in [0.15, 0.2) is 0 Å². The van der Waals surface area contributed by atoms with Gasteiger partial charge in [0.2, 0.25) is 0 Å². The van der Waals surface area contributed by atoms with E-state index in [2.05, 4.69) is 37.9 Å². The highest BCUT2D eigenvalue weighted by atomic mass is 15.2. The Morgan fingerprint density at radius 1 is 1.11 bits per heavy atom. The van der Waals surface area contributed by atoms with Crippen LogP contribution in [0.25, 0.3) is 0 Å². The lowest BCUT2D eigenvalue weighted by molar-refractivity contribution is 0.138. The van der Waals surface area contributed by atoms with Gasteiger partial charge >= 0.3 is 0 Å². The molecule has 108 valence electrons. The van der Waals surface area contributed by atoms with E-state index in [1.54, 1.807) is 0 Å². The molecule has 0 aliphatic heterocycles. The van der Waals surface area contributed by atoms with Crippen molar-refractivity contribution in [2.45, 2.75) is 90.8 Å². The number of unbranched alkanes of at least 4 members (excludes halogenated alkanes) is 2. The Bertz CT molecular complexity index is 199. The molecule has 1 aliphatic rings. The molecule has 0 radical (unpaired) electrons. The number of nitrogens with zero attached hydrogens (tertiary/aromatic N) is 1. The molecule has 1 saturated carbocycles. The highest BCUT2D eigenvalue weighted by Gasteiger charge is 2.25. The maximum absolute atomic E-state index is 3.73. The number of rotatable bonds is 11. The molecule has 18 heavy (non-hydrogen) atoms. The fraction of sp³-hybridized carbons (Fsp3) is 1.00. The predicted octanol–water partition coefficient (Wildman–Crippen LogP) is 3.81. The van der Waals surface area contributed by atoms with E-state index in [9.17, 15) is 0 Å². The molecular formula is C16H34N2. The van der Waals surface area contributed by atoms with E-state index in [1.165, 1.54) is 58.0 Å². The van der Waals surface area contributed by atoms with E-state index in [0.717, 1.165) is 12.1 Å². The zero-order valence-electron chi connectivity index (χ0n) is 13.0. The molecule has 0 spiro atoms. The topological polar surface area (TPSA) is 15.3 Å². The van der Waals surface area contributed by atoms with Crippen molar-refractivity contribution in [3.63, 3.8) is 0 Å². The lowest BCUT2D eigenvalue weighted by atomic mass is 10.1. The van der Waals surface area contributed by atoms with E-state index in [4.69, 9.17) is 0 Å². The summed E-state index contributed by atoms with van der Waals surface area (Å²) < 4.78 is 0. The molecule has 1 aliphatic carbocycles. The van der Waals surface area contributed by atoms with E-state index in [1.807, 2.05) is 0 Å². The second-order valence-corrected chi connectivity index (χ2v) is 6.16. The van der Waals surface area contributed by atoms with Crippen LogP contribution in [0.15, 0.2) is 0 Å². The Balaban J connectivity index is 2.40. The van der Waals surface area contributed by atoms with Crippen LogP contribution in [0.1, 0.15) is 72.6 Å². The highest BCUT2D eigenvalue weighted by molar-refractivity contribution is 4.85. The van der Waals surface area contributed by atoms with Crippen molar-refractivity contribution in [2.24, 2.45) is 0 Å². The minimum Gasteiger partial charge on any atom is -0.312 e. The normalized spacial score (nSPS) is 17.7. The van der Waals surface area contributed by atoms with Gasteiger partial charge in [-0.1, -0.05) is 33.1 Å². The maximum Gasteiger partial charge on any atom is 0.0223 e. The molecule has 1 atom stereocenters. The molecule has 0 bridgehead atoms. The van der Waals surface area contributed by atoms with E-state index in [-0.39, 0.29) is 0 Å². The van der Waals surface area contributed by atoms with Crippen LogP contribution in [0.2, 0.25) is 0 Å². The largest absolute Gasteiger partial charge is 0.312 e. The number of nitrogens with one attached hydrogen (secondary N) is 1. The smallest absolute Gasteiger partial charge is 0.0223 e. The van der Waals surface area contributed by atoms with Gasteiger partial charge in [0.05, 0.1) is 0 Å². The standard InChI is InChI=1S/C16H34N2/c1-5-7-8-12-18(14(3)4)16(9-6-2)13-17-15-10-11-15/h14-17H,5-13H2,1-4H3. The third-order valence-electron chi connectivity index (χ3n) is 3.99. The van der Waals surface area contributed by atoms with Crippen LogP contribution >= 0.6 is 0 Å². The molecule has 0 aromatic carbocycles. The second kappa shape index (κ2) is 8.92.